The summed E-state index contributed by atoms with van der Waals surface area (Å²) in [6, 6.07) is 5.35. The highest BCUT2D eigenvalue weighted by atomic mass is 16.5. The molecule has 0 amide bonds. The Labute approximate surface area is 106 Å². The molecule has 1 fully saturated rings. The topological polar surface area (TPSA) is 59.2 Å². The average molecular weight is 244 g/mol. The van der Waals surface area contributed by atoms with Crippen LogP contribution in [0.3, 0.4) is 0 Å². The number of hydrogen-bond acceptors (Lipinski definition) is 4. The Bertz CT molecular complexity index is 602. The maximum Gasteiger partial charge on any atom is 0.261 e. The maximum absolute atomic E-state index is 9.83. The van der Waals surface area contributed by atoms with Crippen molar-refractivity contribution in [1.82, 2.24) is 10.1 Å². The second-order valence-corrected chi connectivity index (χ2v) is 5.72. The summed E-state index contributed by atoms with van der Waals surface area (Å²) >= 11 is 0. The van der Waals surface area contributed by atoms with Gasteiger partial charge in [0.25, 0.3) is 5.89 Å². The standard InChI is InChI=1S/C14H16N2O2/c1-8-4-5-11(17)9(6-8)13-15-12(16-18-13)10-7-14(10,2)3/h4-6,10,17H,7H2,1-3H3. The summed E-state index contributed by atoms with van der Waals surface area (Å²) in [5.74, 6) is 1.69. The first-order valence-corrected chi connectivity index (χ1v) is 6.11. The molecule has 0 spiro atoms. The van der Waals surface area contributed by atoms with E-state index < -0.39 is 0 Å². The average Bonchev–Trinajstić information content (AvgIpc) is 2.77. The van der Waals surface area contributed by atoms with E-state index in [4.69, 9.17) is 4.52 Å². The Morgan fingerprint density at radius 2 is 2.11 bits per heavy atom. The molecule has 4 heteroatoms. The Hall–Kier alpha value is -1.84. The lowest BCUT2D eigenvalue weighted by atomic mass is 10.1. The maximum atomic E-state index is 9.83. The van der Waals surface area contributed by atoms with Crippen LogP contribution in [0.5, 0.6) is 5.75 Å². The van der Waals surface area contributed by atoms with Crippen LogP contribution in [0.2, 0.25) is 0 Å². The van der Waals surface area contributed by atoms with Crippen LogP contribution in [0.25, 0.3) is 11.5 Å². The summed E-state index contributed by atoms with van der Waals surface area (Å²) in [6.45, 7) is 6.35. The highest BCUT2D eigenvalue weighted by Gasteiger charge is 2.49. The number of rotatable bonds is 2. The first kappa shape index (κ1) is 11.3. The number of aromatic nitrogens is 2. The lowest BCUT2D eigenvalue weighted by Gasteiger charge is -2.00. The van der Waals surface area contributed by atoms with Gasteiger partial charge in [0.15, 0.2) is 5.82 Å². The minimum atomic E-state index is 0.172. The van der Waals surface area contributed by atoms with Crippen LogP contribution in [0.1, 0.15) is 37.6 Å². The van der Waals surface area contributed by atoms with Crippen molar-refractivity contribution in [3.63, 3.8) is 0 Å². The third kappa shape index (κ3) is 1.78. The molecule has 0 aliphatic heterocycles. The highest BCUT2D eigenvalue weighted by Crippen LogP contribution is 2.57. The van der Waals surface area contributed by atoms with Crippen LogP contribution in [0.4, 0.5) is 0 Å². The molecule has 1 unspecified atom stereocenters. The lowest BCUT2D eigenvalue weighted by Crippen LogP contribution is -1.91. The number of phenols is 1. The van der Waals surface area contributed by atoms with E-state index in [1.807, 2.05) is 19.1 Å². The summed E-state index contributed by atoms with van der Waals surface area (Å²) in [6.07, 6.45) is 1.09. The van der Waals surface area contributed by atoms with Crippen LogP contribution < -0.4 is 0 Å². The van der Waals surface area contributed by atoms with Crippen molar-refractivity contribution in [3.05, 3.63) is 29.6 Å². The smallest absolute Gasteiger partial charge is 0.261 e. The molecule has 1 N–H and O–H groups in total. The fraction of sp³-hybridized carbons (Fsp3) is 0.429. The van der Waals surface area contributed by atoms with Crippen molar-refractivity contribution in [3.8, 4) is 17.2 Å². The van der Waals surface area contributed by atoms with Crippen LogP contribution in [-0.2, 0) is 0 Å². The molecule has 4 nitrogen and oxygen atoms in total. The third-order valence-electron chi connectivity index (χ3n) is 3.65. The second kappa shape index (κ2) is 3.57. The van der Waals surface area contributed by atoms with Crippen LogP contribution in [-0.4, -0.2) is 15.2 Å². The zero-order valence-corrected chi connectivity index (χ0v) is 10.8. The van der Waals surface area contributed by atoms with Gasteiger partial charge in [0.05, 0.1) is 5.56 Å². The predicted molar refractivity (Wildman–Crippen MR) is 67.3 cm³/mol. The van der Waals surface area contributed by atoms with E-state index in [1.54, 1.807) is 6.07 Å². The number of aromatic hydroxyl groups is 1. The first-order chi connectivity index (χ1) is 8.47. The van der Waals surface area contributed by atoms with Gasteiger partial charge in [0.2, 0.25) is 0 Å². The number of hydrogen-bond donors (Lipinski definition) is 1. The monoisotopic (exact) mass is 244 g/mol. The minimum absolute atomic E-state index is 0.172. The van der Waals surface area contributed by atoms with E-state index in [2.05, 4.69) is 24.0 Å². The lowest BCUT2D eigenvalue weighted by molar-refractivity contribution is 0.414. The molecule has 3 rings (SSSR count). The number of benzene rings is 1. The molecule has 1 atom stereocenters. The normalized spacial score (nSPS) is 20.9. The molecule has 2 aromatic rings. The van der Waals surface area contributed by atoms with Crippen LogP contribution in [0, 0.1) is 12.3 Å². The largest absolute Gasteiger partial charge is 0.507 e. The summed E-state index contributed by atoms with van der Waals surface area (Å²) in [4.78, 5) is 4.40. The van der Waals surface area contributed by atoms with E-state index in [-0.39, 0.29) is 11.2 Å². The molecule has 18 heavy (non-hydrogen) atoms. The van der Waals surface area contributed by atoms with Gasteiger partial charge in [-0.1, -0.05) is 30.6 Å². The summed E-state index contributed by atoms with van der Waals surface area (Å²) in [7, 11) is 0. The SMILES string of the molecule is Cc1ccc(O)c(-c2nc(C3CC3(C)C)no2)c1. The molecule has 1 heterocycles. The molecule has 1 aromatic heterocycles. The quantitative estimate of drug-likeness (QED) is 0.880. The molecule has 0 saturated heterocycles. The molecule has 1 aromatic carbocycles. The van der Waals surface area contributed by atoms with Crippen molar-refractivity contribution in [2.24, 2.45) is 5.41 Å². The summed E-state index contributed by atoms with van der Waals surface area (Å²) in [5.41, 5.74) is 1.93. The summed E-state index contributed by atoms with van der Waals surface area (Å²) < 4.78 is 5.26. The molecule has 1 aliphatic carbocycles. The molecule has 0 radical (unpaired) electrons. The summed E-state index contributed by atoms with van der Waals surface area (Å²) in [5, 5.41) is 13.9. The van der Waals surface area contributed by atoms with Gasteiger partial charge >= 0.3 is 0 Å². The fourth-order valence-corrected chi connectivity index (χ4v) is 2.21. The number of aryl methyl sites for hydroxylation is 1. The number of phenolic OH excluding ortho intramolecular Hbond substituents is 1. The van der Waals surface area contributed by atoms with Gasteiger partial charge in [0.1, 0.15) is 5.75 Å². The van der Waals surface area contributed by atoms with E-state index in [1.165, 1.54) is 0 Å². The van der Waals surface area contributed by atoms with Gasteiger partial charge in [-0.15, -0.1) is 0 Å². The fourth-order valence-electron chi connectivity index (χ4n) is 2.21. The zero-order valence-electron chi connectivity index (χ0n) is 10.8. The molecule has 0 bridgehead atoms. The Morgan fingerprint density at radius 3 is 2.78 bits per heavy atom. The van der Waals surface area contributed by atoms with Crippen molar-refractivity contribution in [2.75, 3.05) is 0 Å². The highest BCUT2D eigenvalue weighted by molar-refractivity contribution is 5.63. The van der Waals surface area contributed by atoms with Gasteiger partial charge in [-0.2, -0.15) is 4.98 Å². The number of nitrogens with zero attached hydrogens (tertiary/aromatic N) is 2. The van der Waals surface area contributed by atoms with Crippen molar-refractivity contribution < 1.29 is 9.63 Å². The third-order valence-corrected chi connectivity index (χ3v) is 3.65. The second-order valence-electron chi connectivity index (χ2n) is 5.72. The van der Waals surface area contributed by atoms with Gasteiger partial charge in [-0.3, -0.25) is 0 Å². The predicted octanol–water partition coefficient (Wildman–Crippen LogP) is 3.26. The van der Waals surface area contributed by atoms with Crippen LogP contribution >= 0.6 is 0 Å². The molecule has 1 saturated carbocycles. The van der Waals surface area contributed by atoms with Crippen molar-refractivity contribution in [1.29, 1.82) is 0 Å². The van der Waals surface area contributed by atoms with E-state index in [9.17, 15) is 5.11 Å². The molecular formula is C14H16N2O2. The Balaban J connectivity index is 1.96. The van der Waals surface area contributed by atoms with E-state index in [0.29, 0.717) is 17.4 Å². The van der Waals surface area contributed by atoms with Gasteiger partial charge in [0, 0.05) is 5.92 Å². The van der Waals surface area contributed by atoms with Crippen LogP contribution in [0.15, 0.2) is 22.7 Å². The molecule has 94 valence electrons. The zero-order chi connectivity index (χ0) is 12.9. The van der Waals surface area contributed by atoms with Gasteiger partial charge in [-0.05, 0) is 30.9 Å². The van der Waals surface area contributed by atoms with Crippen molar-refractivity contribution in [2.45, 2.75) is 33.1 Å². The van der Waals surface area contributed by atoms with Gasteiger partial charge in [-0.25, -0.2) is 0 Å². The Morgan fingerprint density at radius 1 is 1.39 bits per heavy atom. The van der Waals surface area contributed by atoms with Gasteiger partial charge < -0.3 is 9.63 Å². The first-order valence-electron chi connectivity index (χ1n) is 6.11. The van der Waals surface area contributed by atoms with E-state index >= 15 is 0 Å². The van der Waals surface area contributed by atoms with Crippen molar-refractivity contribution >= 4 is 0 Å². The molecule has 1 aliphatic rings. The van der Waals surface area contributed by atoms with E-state index in [0.717, 1.165) is 17.8 Å². The Kier molecular flexibility index (Phi) is 2.24. The molecular weight excluding hydrogens is 228 g/mol. The minimum Gasteiger partial charge on any atom is -0.507 e.